The Labute approximate surface area is 139 Å². The van der Waals surface area contributed by atoms with Crippen molar-refractivity contribution in [1.82, 2.24) is 10.2 Å². The van der Waals surface area contributed by atoms with Crippen LogP contribution in [0.4, 0.5) is 10.5 Å². The summed E-state index contributed by atoms with van der Waals surface area (Å²) in [6, 6.07) is 5.69. The summed E-state index contributed by atoms with van der Waals surface area (Å²) in [5.41, 5.74) is 5.41. The van der Waals surface area contributed by atoms with Gasteiger partial charge in [-0.3, -0.25) is 14.9 Å². The van der Waals surface area contributed by atoms with E-state index in [9.17, 15) is 19.7 Å². The van der Waals surface area contributed by atoms with Crippen molar-refractivity contribution in [2.75, 3.05) is 19.6 Å². The predicted molar refractivity (Wildman–Crippen MR) is 89.0 cm³/mol. The van der Waals surface area contributed by atoms with E-state index in [4.69, 9.17) is 5.73 Å². The van der Waals surface area contributed by atoms with Crippen LogP contribution in [0.3, 0.4) is 0 Å². The molecular formula is C16H20N4O4. The van der Waals surface area contributed by atoms with E-state index in [1.54, 1.807) is 23.1 Å². The van der Waals surface area contributed by atoms with Gasteiger partial charge in [0.2, 0.25) is 5.91 Å². The van der Waals surface area contributed by atoms with Gasteiger partial charge in [0.25, 0.3) is 5.69 Å². The zero-order chi connectivity index (χ0) is 17.5. The number of para-hydroxylation sites is 1. The summed E-state index contributed by atoms with van der Waals surface area (Å²) < 4.78 is 0. The molecule has 0 aromatic heterocycles. The molecule has 8 heteroatoms. The number of hydrogen-bond acceptors (Lipinski definition) is 4. The van der Waals surface area contributed by atoms with Crippen LogP contribution >= 0.6 is 0 Å². The van der Waals surface area contributed by atoms with Crippen molar-refractivity contribution in [1.29, 1.82) is 0 Å². The lowest BCUT2D eigenvalue weighted by atomic mass is 9.98. The molecule has 3 N–H and O–H groups in total. The molecule has 0 bridgehead atoms. The van der Waals surface area contributed by atoms with Gasteiger partial charge in [-0.2, -0.15) is 0 Å². The highest BCUT2D eigenvalue weighted by molar-refractivity contribution is 5.92. The predicted octanol–water partition coefficient (Wildman–Crippen LogP) is 1.51. The Morgan fingerprint density at radius 3 is 2.88 bits per heavy atom. The number of nitrogens with two attached hydrogens (primary N) is 1. The Morgan fingerprint density at radius 2 is 2.17 bits per heavy atom. The van der Waals surface area contributed by atoms with Crippen LogP contribution < -0.4 is 11.1 Å². The molecule has 1 atom stereocenters. The highest BCUT2D eigenvalue weighted by atomic mass is 16.6. The summed E-state index contributed by atoms with van der Waals surface area (Å²) in [6.07, 6.45) is 4.58. The minimum atomic E-state index is -0.574. The first-order valence-corrected chi connectivity index (χ1v) is 7.71. The van der Waals surface area contributed by atoms with Crippen molar-refractivity contribution >= 4 is 23.7 Å². The Bertz CT molecular complexity index is 659. The number of carbonyl (C=O) groups is 2. The molecule has 1 heterocycles. The second kappa shape index (κ2) is 8.09. The van der Waals surface area contributed by atoms with Crippen LogP contribution in [-0.4, -0.2) is 41.4 Å². The molecule has 0 saturated carbocycles. The lowest BCUT2D eigenvalue weighted by molar-refractivity contribution is -0.385. The zero-order valence-electron chi connectivity index (χ0n) is 13.2. The molecule has 8 nitrogen and oxygen atoms in total. The smallest absolute Gasteiger partial charge is 0.312 e. The highest BCUT2D eigenvalue weighted by Crippen LogP contribution is 2.20. The van der Waals surface area contributed by atoms with E-state index in [2.05, 4.69) is 5.32 Å². The number of urea groups is 1. The van der Waals surface area contributed by atoms with Crippen molar-refractivity contribution in [2.45, 2.75) is 12.8 Å². The summed E-state index contributed by atoms with van der Waals surface area (Å²) >= 11 is 0. The van der Waals surface area contributed by atoms with Crippen molar-refractivity contribution < 1.29 is 14.5 Å². The molecule has 0 unspecified atom stereocenters. The highest BCUT2D eigenvalue weighted by Gasteiger charge is 2.22. The number of hydrogen-bond donors (Lipinski definition) is 2. The van der Waals surface area contributed by atoms with Crippen LogP contribution in [0.2, 0.25) is 0 Å². The maximum absolute atomic E-state index is 12.3. The molecule has 1 saturated heterocycles. The maximum atomic E-state index is 12.3. The van der Waals surface area contributed by atoms with Crippen LogP contribution in [0.25, 0.3) is 6.08 Å². The number of rotatable bonds is 5. The Balaban J connectivity index is 1.99. The first-order valence-electron chi connectivity index (χ1n) is 7.71. The third kappa shape index (κ3) is 4.80. The molecule has 1 aromatic rings. The van der Waals surface area contributed by atoms with Crippen molar-refractivity contribution in [2.24, 2.45) is 11.7 Å². The number of nitrogens with zero attached hydrogens (tertiary/aromatic N) is 2. The monoisotopic (exact) mass is 332 g/mol. The number of primary amides is 1. The second-order valence-corrected chi connectivity index (χ2v) is 5.69. The van der Waals surface area contributed by atoms with Gasteiger partial charge < -0.3 is 16.0 Å². The number of piperidine rings is 1. The van der Waals surface area contributed by atoms with Gasteiger partial charge in [-0.15, -0.1) is 0 Å². The molecule has 1 fully saturated rings. The van der Waals surface area contributed by atoms with E-state index in [1.807, 2.05) is 0 Å². The molecule has 0 radical (unpaired) electrons. The normalized spacial score (nSPS) is 17.7. The molecular weight excluding hydrogens is 312 g/mol. The van der Waals surface area contributed by atoms with Gasteiger partial charge in [-0.25, -0.2) is 4.79 Å². The molecule has 3 amide bonds. The van der Waals surface area contributed by atoms with Crippen molar-refractivity contribution in [3.8, 4) is 0 Å². The van der Waals surface area contributed by atoms with Gasteiger partial charge in [-0.05, 0) is 30.9 Å². The number of likely N-dealkylation sites (tertiary alicyclic amines) is 1. The number of nitro benzene ring substituents is 1. The Hall–Kier alpha value is -2.90. The van der Waals surface area contributed by atoms with Gasteiger partial charge in [0.1, 0.15) is 0 Å². The summed E-state index contributed by atoms with van der Waals surface area (Å²) in [5, 5.41) is 13.5. The lowest BCUT2D eigenvalue weighted by Crippen LogP contribution is -2.44. The number of carbonyl (C=O) groups excluding carboxylic acids is 2. The molecule has 24 heavy (non-hydrogen) atoms. The van der Waals surface area contributed by atoms with Crippen LogP contribution in [0, 0.1) is 16.0 Å². The average Bonchev–Trinajstić information content (AvgIpc) is 2.58. The maximum Gasteiger partial charge on any atom is 0.312 e. The third-order valence-electron chi connectivity index (χ3n) is 3.93. The fraction of sp³-hybridized carbons (Fsp3) is 0.375. The van der Waals surface area contributed by atoms with Crippen LogP contribution in [-0.2, 0) is 4.79 Å². The van der Waals surface area contributed by atoms with Crippen molar-refractivity contribution in [3.05, 3.63) is 46.0 Å². The van der Waals surface area contributed by atoms with Crippen LogP contribution in [0.1, 0.15) is 18.4 Å². The van der Waals surface area contributed by atoms with Gasteiger partial charge >= 0.3 is 6.03 Å². The first-order chi connectivity index (χ1) is 11.5. The van der Waals surface area contributed by atoms with Crippen LogP contribution in [0.15, 0.2) is 30.3 Å². The second-order valence-electron chi connectivity index (χ2n) is 5.69. The molecule has 0 aliphatic carbocycles. The fourth-order valence-corrected chi connectivity index (χ4v) is 2.74. The molecule has 2 rings (SSSR count). The summed E-state index contributed by atoms with van der Waals surface area (Å²) in [4.78, 5) is 35.2. The van der Waals surface area contributed by atoms with E-state index in [0.717, 1.165) is 12.8 Å². The van der Waals surface area contributed by atoms with Gasteiger partial charge in [0.05, 0.1) is 10.5 Å². The zero-order valence-corrected chi connectivity index (χ0v) is 13.2. The molecule has 1 aliphatic rings. The topological polar surface area (TPSA) is 119 Å². The molecule has 128 valence electrons. The SMILES string of the molecule is NC(=O)NC[C@H]1CCCN(C(=O)/C=C/c2ccccc2[N+](=O)[O-])C1. The Morgan fingerprint density at radius 1 is 1.42 bits per heavy atom. The minimum absolute atomic E-state index is 0.0382. The number of nitrogens with one attached hydrogen (secondary N) is 1. The quantitative estimate of drug-likeness (QED) is 0.482. The first kappa shape index (κ1) is 17.5. The molecule has 0 spiro atoms. The summed E-state index contributed by atoms with van der Waals surface area (Å²) in [6.45, 7) is 1.60. The third-order valence-corrected chi connectivity index (χ3v) is 3.93. The average molecular weight is 332 g/mol. The fourth-order valence-electron chi connectivity index (χ4n) is 2.74. The van der Waals surface area contributed by atoms with E-state index in [0.29, 0.717) is 25.2 Å². The van der Waals surface area contributed by atoms with Gasteiger partial charge in [0.15, 0.2) is 0 Å². The van der Waals surface area contributed by atoms with Crippen molar-refractivity contribution in [3.63, 3.8) is 0 Å². The summed E-state index contributed by atoms with van der Waals surface area (Å²) in [7, 11) is 0. The van der Waals surface area contributed by atoms with Gasteiger partial charge in [-0.1, -0.05) is 12.1 Å². The number of amides is 3. The molecule has 1 aliphatic heterocycles. The van der Waals surface area contributed by atoms with E-state index in [1.165, 1.54) is 18.2 Å². The molecule has 1 aromatic carbocycles. The number of nitro groups is 1. The van der Waals surface area contributed by atoms with E-state index in [-0.39, 0.29) is 17.5 Å². The van der Waals surface area contributed by atoms with E-state index >= 15 is 0 Å². The summed E-state index contributed by atoms with van der Waals surface area (Å²) in [5.74, 6) is -0.0356. The van der Waals surface area contributed by atoms with Gasteiger partial charge in [0, 0.05) is 31.8 Å². The standard InChI is InChI=1S/C16H20N4O4/c17-16(22)18-10-12-4-3-9-19(11-12)15(21)8-7-13-5-1-2-6-14(13)20(23)24/h1-2,5-8,12H,3-4,9-11H2,(H3,17,18,22)/b8-7+/t12-/m1/s1. The lowest BCUT2D eigenvalue weighted by Gasteiger charge is -2.32. The largest absolute Gasteiger partial charge is 0.352 e. The minimum Gasteiger partial charge on any atom is -0.352 e. The number of benzene rings is 1. The van der Waals surface area contributed by atoms with E-state index < -0.39 is 11.0 Å². The van der Waals surface area contributed by atoms with Crippen LogP contribution in [0.5, 0.6) is 0 Å². The Kier molecular flexibility index (Phi) is 5.89.